The molecule has 8 aromatic rings. The van der Waals surface area contributed by atoms with Gasteiger partial charge in [0.05, 0.1) is 20.8 Å². The van der Waals surface area contributed by atoms with E-state index in [1.54, 1.807) is 36.4 Å². The molecule has 8 rings (SSSR count). The number of nitrogens with zero attached hydrogens (tertiary/aromatic N) is 4. The predicted octanol–water partition coefficient (Wildman–Crippen LogP) is 13.4. The highest BCUT2D eigenvalue weighted by Gasteiger charge is 2.15. The molecule has 0 aliphatic heterocycles. The number of rotatable bonds is 9. The van der Waals surface area contributed by atoms with Gasteiger partial charge in [-0.15, -0.1) is 22.7 Å². The zero-order chi connectivity index (χ0) is 37.8. The molecule has 0 aliphatic carbocycles. The van der Waals surface area contributed by atoms with E-state index in [2.05, 4.69) is 27.5 Å². The summed E-state index contributed by atoms with van der Waals surface area (Å²) in [4.78, 5) is 21.5. The number of nitrogens with one attached hydrogen (secondary N) is 2. The fraction of sp³-hybridized carbons (Fsp3) is 0.100. The number of aromatic nitrogens is 4. The van der Waals surface area contributed by atoms with Crippen LogP contribution in [0.2, 0.25) is 10.0 Å². The van der Waals surface area contributed by atoms with Crippen LogP contribution in [0.4, 0.5) is 40.6 Å². The van der Waals surface area contributed by atoms with Gasteiger partial charge in [-0.3, -0.25) is 0 Å². The third-order valence-corrected chi connectivity index (χ3v) is 10.9. The van der Waals surface area contributed by atoms with Crippen molar-refractivity contribution in [3.05, 3.63) is 143 Å². The van der Waals surface area contributed by atoms with Crippen LogP contribution in [0.5, 0.6) is 0 Å². The molecule has 4 heterocycles. The maximum atomic E-state index is 13.5. The van der Waals surface area contributed by atoms with Crippen molar-refractivity contribution in [3.8, 4) is 20.9 Å². The van der Waals surface area contributed by atoms with Gasteiger partial charge < -0.3 is 10.6 Å². The maximum absolute atomic E-state index is 13.5. The molecule has 14 heteroatoms. The summed E-state index contributed by atoms with van der Waals surface area (Å²) in [5, 5.41) is 8.15. The lowest BCUT2D eigenvalue weighted by Gasteiger charge is -2.09. The molecule has 0 fully saturated rings. The highest BCUT2D eigenvalue weighted by molar-refractivity contribution is 7.22. The Bertz CT molecular complexity index is 2580. The second-order valence-electron chi connectivity index (χ2n) is 12.0. The third kappa shape index (κ3) is 8.63. The molecule has 0 saturated heterocycles. The molecular formula is C40H28Cl2F4N6S2. The maximum Gasteiger partial charge on any atom is 0.142 e. The molecule has 54 heavy (non-hydrogen) atoms. The number of halogens is 6. The lowest BCUT2D eigenvalue weighted by Crippen LogP contribution is -2.01. The Hall–Kier alpha value is -5.14. The first kappa shape index (κ1) is 37.2. The van der Waals surface area contributed by atoms with Gasteiger partial charge in [0.25, 0.3) is 0 Å². The fourth-order valence-corrected chi connectivity index (χ4v) is 7.82. The SMILES string of the molecule is CCCCc1nc(Nc2ccc(F)c(Cl)c2)c2cc(-c3ccc(F)cc3)sc2n1.Fc1ccc(-c2cc3c(Nc4ccc(F)c(Cl)c4)ncnc3s2)cc1. The van der Waals surface area contributed by atoms with Gasteiger partial charge in [0.1, 0.15) is 56.7 Å². The van der Waals surface area contributed by atoms with Gasteiger partial charge in [-0.25, -0.2) is 37.5 Å². The topological polar surface area (TPSA) is 75.6 Å². The summed E-state index contributed by atoms with van der Waals surface area (Å²) in [5.41, 5.74) is 3.09. The third-order valence-electron chi connectivity index (χ3n) is 8.14. The van der Waals surface area contributed by atoms with E-state index >= 15 is 0 Å². The van der Waals surface area contributed by atoms with Crippen molar-refractivity contribution >= 4 is 89.3 Å². The van der Waals surface area contributed by atoms with Crippen LogP contribution >= 0.6 is 45.9 Å². The molecule has 0 radical (unpaired) electrons. The largest absolute Gasteiger partial charge is 0.340 e. The number of fused-ring (bicyclic) bond motifs is 2. The minimum Gasteiger partial charge on any atom is -0.340 e. The quantitative estimate of drug-likeness (QED) is 0.142. The smallest absolute Gasteiger partial charge is 0.142 e. The van der Waals surface area contributed by atoms with Gasteiger partial charge in [0.2, 0.25) is 0 Å². The van der Waals surface area contributed by atoms with Crippen LogP contribution in [-0.2, 0) is 6.42 Å². The second-order valence-corrected chi connectivity index (χ2v) is 14.9. The first-order valence-corrected chi connectivity index (χ1v) is 19.0. The van der Waals surface area contributed by atoms with Crippen molar-refractivity contribution in [2.45, 2.75) is 26.2 Å². The van der Waals surface area contributed by atoms with Crippen LogP contribution < -0.4 is 10.6 Å². The number of thiophene rings is 2. The summed E-state index contributed by atoms with van der Waals surface area (Å²) in [5.74, 6) is 0.498. The Kier molecular flexibility index (Phi) is 11.3. The zero-order valence-electron chi connectivity index (χ0n) is 28.3. The van der Waals surface area contributed by atoms with Crippen LogP contribution in [0.1, 0.15) is 25.6 Å². The van der Waals surface area contributed by atoms with Crippen molar-refractivity contribution in [1.29, 1.82) is 0 Å². The van der Waals surface area contributed by atoms with Crippen molar-refractivity contribution < 1.29 is 17.6 Å². The van der Waals surface area contributed by atoms with Gasteiger partial charge in [-0.1, -0.05) is 60.8 Å². The number of aryl methyl sites for hydroxylation is 1. The van der Waals surface area contributed by atoms with E-state index in [1.165, 1.54) is 77.5 Å². The van der Waals surface area contributed by atoms with E-state index in [4.69, 9.17) is 33.2 Å². The zero-order valence-corrected chi connectivity index (χ0v) is 31.5. The molecule has 0 amide bonds. The Morgan fingerprint density at radius 1 is 0.593 bits per heavy atom. The Morgan fingerprint density at radius 3 is 1.65 bits per heavy atom. The highest BCUT2D eigenvalue weighted by Crippen LogP contribution is 2.38. The van der Waals surface area contributed by atoms with Gasteiger partial charge >= 0.3 is 0 Å². The van der Waals surface area contributed by atoms with E-state index < -0.39 is 11.6 Å². The summed E-state index contributed by atoms with van der Waals surface area (Å²) in [7, 11) is 0. The minimum atomic E-state index is -0.478. The van der Waals surface area contributed by atoms with Gasteiger partial charge in [-0.05, 0) is 90.3 Å². The molecule has 0 spiro atoms. The number of anilines is 4. The average molecular weight is 804 g/mol. The summed E-state index contributed by atoms with van der Waals surface area (Å²) >= 11 is 14.8. The van der Waals surface area contributed by atoms with Crippen molar-refractivity contribution in [3.63, 3.8) is 0 Å². The molecule has 0 saturated carbocycles. The summed E-state index contributed by atoms with van der Waals surface area (Å²) < 4.78 is 53.2. The molecule has 6 nitrogen and oxygen atoms in total. The van der Waals surface area contributed by atoms with Crippen LogP contribution in [0.15, 0.2) is 103 Å². The predicted molar refractivity (Wildman–Crippen MR) is 214 cm³/mol. The molecule has 0 bridgehead atoms. The van der Waals surface area contributed by atoms with Crippen LogP contribution in [0, 0.1) is 23.3 Å². The fourth-order valence-electron chi connectivity index (χ4n) is 5.40. The van der Waals surface area contributed by atoms with Gasteiger partial charge in [-0.2, -0.15) is 0 Å². The van der Waals surface area contributed by atoms with Crippen LogP contribution in [0.25, 0.3) is 41.3 Å². The molecule has 4 aromatic carbocycles. The van der Waals surface area contributed by atoms with Crippen molar-refractivity contribution in [2.75, 3.05) is 10.6 Å². The lowest BCUT2D eigenvalue weighted by molar-refractivity contribution is 0.627. The Balaban J connectivity index is 0.000000168. The summed E-state index contributed by atoms with van der Waals surface area (Å²) in [6.07, 6.45) is 4.27. The Morgan fingerprint density at radius 2 is 1.11 bits per heavy atom. The number of unbranched alkanes of at least 4 members (excludes halogenated alkanes) is 1. The first-order chi connectivity index (χ1) is 26.1. The lowest BCUT2D eigenvalue weighted by atomic mass is 10.1. The first-order valence-electron chi connectivity index (χ1n) is 16.6. The highest BCUT2D eigenvalue weighted by atomic mass is 35.5. The molecule has 4 aromatic heterocycles. The molecule has 0 unspecified atom stereocenters. The van der Waals surface area contributed by atoms with Crippen LogP contribution in [-0.4, -0.2) is 19.9 Å². The number of hydrogen-bond acceptors (Lipinski definition) is 8. The molecule has 272 valence electrons. The molecular weight excluding hydrogens is 776 g/mol. The summed E-state index contributed by atoms with van der Waals surface area (Å²) in [6.45, 7) is 2.12. The molecule has 2 N–H and O–H groups in total. The Labute approximate surface area is 325 Å². The van der Waals surface area contributed by atoms with Crippen LogP contribution in [0.3, 0.4) is 0 Å². The van der Waals surface area contributed by atoms with Gasteiger partial charge in [0.15, 0.2) is 0 Å². The number of benzene rings is 4. The van der Waals surface area contributed by atoms with Crippen molar-refractivity contribution in [1.82, 2.24) is 19.9 Å². The molecule has 0 atom stereocenters. The van der Waals surface area contributed by atoms with Crippen molar-refractivity contribution in [2.24, 2.45) is 0 Å². The summed E-state index contributed by atoms with van der Waals surface area (Å²) in [6, 6.07) is 25.4. The van der Waals surface area contributed by atoms with E-state index in [9.17, 15) is 17.6 Å². The van der Waals surface area contributed by atoms with Gasteiger partial charge in [0, 0.05) is 27.5 Å². The van der Waals surface area contributed by atoms with E-state index in [1.807, 2.05) is 12.1 Å². The standard InChI is InChI=1S/C22H18ClF2N3S.C18H10ClF2N3S/c1-2-3-4-20-27-21(26-15-9-10-18(25)17(23)11-15)16-12-19(29-22(16)28-20)13-5-7-14(24)8-6-13;19-14-7-12(5-6-15(14)21)24-17-13-8-16(25-18(13)23-9-22-17)10-1-3-11(20)4-2-10/h5-12H,2-4H2,1H3,(H,26,27,28);1-9H,(H,22,23,24). The van der Waals surface area contributed by atoms with E-state index in [0.29, 0.717) is 23.0 Å². The number of hydrogen-bond donors (Lipinski definition) is 2. The molecule has 0 aliphatic rings. The second kappa shape index (κ2) is 16.5. The van der Waals surface area contributed by atoms with E-state index in [-0.39, 0.29) is 21.7 Å². The monoisotopic (exact) mass is 802 g/mol. The van der Waals surface area contributed by atoms with E-state index in [0.717, 1.165) is 66.4 Å². The normalized spacial score (nSPS) is 11.1. The average Bonchev–Trinajstić information content (AvgIpc) is 3.81. The minimum absolute atomic E-state index is 0.0348.